The van der Waals surface area contributed by atoms with Gasteiger partial charge in [0.2, 0.25) is 5.91 Å². The molecule has 0 aromatic carbocycles. The lowest BCUT2D eigenvalue weighted by Crippen LogP contribution is -2.29. The topological polar surface area (TPSA) is 38.3 Å². The van der Waals surface area contributed by atoms with Crippen molar-refractivity contribution in [3.8, 4) is 0 Å². The minimum absolute atomic E-state index is 0.0385. The summed E-state index contributed by atoms with van der Waals surface area (Å²) in [5, 5.41) is 4.84. The minimum atomic E-state index is -0.0385. The van der Waals surface area contributed by atoms with Gasteiger partial charge in [-0.05, 0) is 24.8 Å². The third-order valence-corrected chi connectivity index (χ3v) is 2.65. The number of hydrogen-bond acceptors (Lipinski definition) is 3. The van der Waals surface area contributed by atoms with Crippen LogP contribution in [0.3, 0.4) is 0 Å². The third-order valence-electron chi connectivity index (χ3n) is 1.71. The molecule has 1 rings (SSSR count). The van der Waals surface area contributed by atoms with Gasteiger partial charge in [0.1, 0.15) is 6.61 Å². The second-order valence-corrected chi connectivity index (χ2v) is 3.85. The SMILES string of the molecule is CCOCC(=O)NCCc1cccs1. The first-order valence-corrected chi connectivity index (χ1v) is 5.57. The first-order valence-electron chi connectivity index (χ1n) is 4.69. The molecular weight excluding hydrogens is 198 g/mol. The maximum atomic E-state index is 11.1. The molecule has 0 radical (unpaired) electrons. The monoisotopic (exact) mass is 213 g/mol. The number of rotatable bonds is 6. The fourth-order valence-corrected chi connectivity index (χ4v) is 1.73. The number of thiophene rings is 1. The Morgan fingerprint density at radius 1 is 1.64 bits per heavy atom. The van der Waals surface area contributed by atoms with Crippen molar-refractivity contribution in [3.63, 3.8) is 0 Å². The first-order chi connectivity index (χ1) is 6.83. The van der Waals surface area contributed by atoms with Crippen LogP contribution in [-0.2, 0) is 16.0 Å². The number of ether oxygens (including phenoxy) is 1. The quantitative estimate of drug-likeness (QED) is 0.776. The van der Waals surface area contributed by atoms with Crippen LogP contribution in [0.25, 0.3) is 0 Å². The Hall–Kier alpha value is -0.870. The van der Waals surface area contributed by atoms with Gasteiger partial charge >= 0.3 is 0 Å². The predicted octanol–water partition coefficient (Wildman–Crippen LogP) is 1.44. The average molecular weight is 213 g/mol. The lowest BCUT2D eigenvalue weighted by Gasteiger charge is -2.03. The molecule has 0 aliphatic rings. The van der Waals surface area contributed by atoms with Gasteiger partial charge in [-0.2, -0.15) is 0 Å². The maximum Gasteiger partial charge on any atom is 0.246 e. The molecule has 1 aromatic rings. The summed E-state index contributed by atoms with van der Waals surface area (Å²) in [7, 11) is 0. The van der Waals surface area contributed by atoms with Crippen molar-refractivity contribution < 1.29 is 9.53 Å². The summed E-state index contributed by atoms with van der Waals surface area (Å²) in [5.74, 6) is -0.0385. The van der Waals surface area contributed by atoms with Crippen molar-refractivity contribution in [2.24, 2.45) is 0 Å². The summed E-state index contributed by atoms with van der Waals surface area (Å²) < 4.78 is 4.97. The van der Waals surface area contributed by atoms with Gasteiger partial charge in [-0.15, -0.1) is 11.3 Å². The summed E-state index contributed by atoms with van der Waals surface area (Å²) in [4.78, 5) is 12.4. The molecule has 1 N–H and O–H groups in total. The molecule has 0 saturated heterocycles. The van der Waals surface area contributed by atoms with E-state index < -0.39 is 0 Å². The highest BCUT2D eigenvalue weighted by molar-refractivity contribution is 7.09. The molecule has 1 aromatic heterocycles. The predicted molar refractivity (Wildman–Crippen MR) is 57.5 cm³/mol. The van der Waals surface area contributed by atoms with E-state index in [2.05, 4.69) is 11.4 Å². The van der Waals surface area contributed by atoms with E-state index in [9.17, 15) is 4.79 Å². The third kappa shape index (κ3) is 4.39. The zero-order chi connectivity index (χ0) is 10.2. The molecule has 0 fully saturated rings. The maximum absolute atomic E-state index is 11.1. The lowest BCUT2D eigenvalue weighted by molar-refractivity contribution is -0.125. The van der Waals surface area contributed by atoms with E-state index >= 15 is 0 Å². The smallest absolute Gasteiger partial charge is 0.246 e. The first kappa shape index (κ1) is 11.2. The van der Waals surface area contributed by atoms with Gasteiger partial charge in [0, 0.05) is 18.0 Å². The number of amides is 1. The summed E-state index contributed by atoms with van der Waals surface area (Å²) >= 11 is 1.71. The van der Waals surface area contributed by atoms with Crippen LogP contribution in [0.4, 0.5) is 0 Å². The van der Waals surface area contributed by atoms with Crippen molar-refractivity contribution in [1.29, 1.82) is 0 Å². The molecule has 1 amide bonds. The van der Waals surface area contributed by atoms with E-state index in [1.54, 1.807) is 11.3 Å². The molecule has 0 bridgehead atoms. The van der Waals surface area contributed by atoms with E-state index in [1.165, 1.54) is 4.88 Å². The Kier molecular flexibility index (Phi) is 5.25. The molecule has 0 atom stereocenters. The molecule has 4 heteroatoms. The molecule has 0 spiro atoms. The van der Waals surface area contributed by atoms with Gasteiger partial charge in [-0.25, -0.2) is 0 Å². The van der Waals surface area contributed by atoms with Crippen LogP contribution < -0.4 is 5.32 Å². The number of carbonyl (C=O) groups is 1. The number of nitrogens with one attached hydrogen (secondary N) is 1. The Morgan fingerprint density at radius 2 is 2.50 bits per heavy atom. The van der Waals surface area contributed by atoms with E-state index in [0.717, 1.165) is 6.42 Å². The van der Waals surface area contributed by atoms with Crippen LogP contribution in [-0.4, -0.2) is 25.7 Å². The fraction of sp³-hybridized carbons (Fsp3) is 0.500. The molecular formula is C10H15NO2S. The second kappa shape index (κ2) is 6.56. The number of carbonyl (C=O) groups excluding carboxylic acids is 1. The fourth-order valence-electron chi connectivity index (χ4n) is 1.03. The molecule has 1 heterocycles. The van der Waals surface area contributed by atoms with Gasteiger partial charge in [-0.3, -0.25) is 4.79 Å². The second-order valence-electron chi connectivity index (χ2n) is 2.82. The Morgan fingerprint density at radius 3 is 3.14 bits per heavy atom. The largest absolute Gasteiger partial charge is 0.372 e. The summed E-state index contributed by atoms with van der Waals surface area (Å²) in [6.07, 6.45) is 0.898. The van der Waals surface area contributed by atoms with Crippen molar-refractivity contribution in [3.05, 3.63) is 22.4 Å². The average Bonchev–Trinajstić information content (AvgIpc) is 2.67. The van der Waals surface area contributed by atoms with Crippen molar-refractivity contribution >= 4 is 17.2 Å². The van der Waals surface area contributed by atoms with Gasteiger partial charge in [0.15, 0.2) is 0 Å². The zero-order valence-electron chi connectivity index (χ0n) is 8.29. The molecule has 3 nitrogen and oxygen atoms in total. The lowest BCUT2D eigenvalue weighted by atomic mass is 10.3. The highest BCUT2D eigenvalue weighted by Gasteiger charge is 1.99. The van der Waals surface area contributed by atoms with E-state index in [0.29, 0.717) is 13.2 Å². The van der Waals surface area contributed by atoms with Crippen molar-refractivity contribution in [1.82, 2.24) is 5.32 Å². The van der Waals surface area contributed by atoms with Crippen LogP contribution in [0.1, 0.15) is 11.8 Å². The Balaban J connectivity index is 2.06. The Bertz CT molecular complexity index is 259. The van der Waals surface area contributed by atoms with E-state index in [4.69, 9.17) is 4.74 Å². The molecule has 0 aliphatic carbocycles. The molecule has 0 aliphatic heterocycles. The van der Waals surface area contributed by atoms with Gasteiger partial charge in [0.25, 0.3) is 0 Å². The van der Waals surface area contributed by atoms with Crippen LogP contribution >= 0.6 is 11.3 Å². The van der Waals surface area contributed by atoms with Crippen LogP contribution in [0, 0.1) is 0 Å². The zero-order valence-corrected chi connectivity index (χ0v) is 9.10. The van der Waals surface area contributed by atoms with Crippen molar-refractivity contribution in [2.45, 2.75) is 13.3 Å². The van der Waals surface area contributed by atoms with Crippen LogP contribution in [0.15, 0.2) is 17.5 Å². The minimum Gasteiger partial charge on any atom is -0.372 e. The molecule has 0 saturated carbocycles. The van der Waals surface area contributed by atoms with E-state index in [-0.39, 0.29) is 12.5 Å². The molecule has 78 valence electrons. The summed E-state index contributed by atoms with van der Waals surface area (Å²) in [6.45, 7) is 3.31. The highest BCUT2D eigenvalue weighted by atomic mass is 32.1. The van der Waals surface area contributed by atoms with E-state index in [1.807, 2.05) is 18.4 Å². The molecule has 0 unspecified atom stereocenters. The highest BCUT2D eigenvalue weighted by Crippen LogP contribution is 2.07. The van der Waals surface area contributed by atoms with Crippen molar-refractivity contribution in [2.75, 3.05) is 19.8 Å². The van der Waals surface area contributed by atoms with Gasteiger partial charge in [0.05, 0.1) is 0 Å². The number of hydrogen-bond donors (Lipinski definition) is 1. The van der Waals surface area contributed by atoms with Gasteiger partial charge in [-0.1, -0.05) is 6.07 Å². The summed E-state index contributed by atoms with van der Waals surface area (Å²) in [6, 6.07) is 4.08. The Labute approximate surface area is 88.1 Å². The van der Waals surface area contributed by atoms with Crippen LogP contribution in [0.5, 0.6) is 0 Å². The summed E-state index contributed by atoms with van der Waals surface area (Å²) in [5.41, 5.74) is 0. The standard InChI is InChI=1S/C10H15NO2S/c1-2-13-8-10(12)11-6-5-9-4-3-7-14-9/h3-4,7H,2,5-6,8H2,1H3,(H,11,12). The van der Waals surface area contributed by atoms with Gasteiger partial charge < -0.3 is 10.1 Å². The normalized spacial score (nSPS) is 10.1. The van der Waals surface area contributed by atoms with Crippen LogP contribution in [0.2, 0.25) is 0 Å². The molecule has 14 heavy (non-hydrogen) atoms.